The highest BCUT2D eigenvalue weighted by atomic mass is 16.4. The predicted octanol–water partition coefficient (Wildman–Crippen LogP) is 1.76. The van der Waals surface area contributed by atoms with E-state index < -0.39 is 11.9 Å². The van der Waals surface area contributed by atoms with Gasteiger partial charge in [-0.2, -0.15) is 0 Å². The Hall–Kier alpha value is -1.35. The molecule has 82 valence electrons. The number of hydrogen-bond donors (Lipinski definition) is 2. The molecule has 1 unspecified atom stereocenters. The molecule has 0 saturated carbocycles. The van der Waals surface area contributed by atoms with Crippen LogP contribution in [-0.4, -0.2) is 17.1 Å². The maximum absolute atomic E-state index is 10.8. The topological polar surface area (TPSA) is 63.3 Å². The van der Waals surface area contributed by atoms with Crippen LogP contribution in [0.4, 0.5) is 0 Å². The molecule has 1 aromatic carbocycles. The summed E-state index contributed by atoms with van der Waals surface area (Å²) in [5, 5.41) is 8.88. The number of benzene rings is 1. The van der Waals surface area contributed by atoms with Crippen LogP contribution in [0.25, 0.3) is 0 Å². The normalized spacial score (nSPS) is 14.6. The van der Waals surface area contributed by atoms with Crippen LogP contribution in [-0.2, 0) is 11.2 Å². The van der Waals surface area contributed by atoms with Crippen LogP contribution in [0.15, 0.2) is 24.3 Å². The molecule has 3 heteroatoms. The summed E-state index contributed by atoms with van der Waals surface area (Å²) < 4.78 is 0. The summed E-state index contributed by atoms with van der Waals surface area (Å²) in [7, 11) is 0. The van der Waals surface area contributed by atoms with E-state index in [2.05, 4.69) is 0 Å². The third kappa shape index (κ3) is 3.36. The van der Waals surface area contributed by atoms with Crippen molar-refractivity contribution in [3.8, 4) is 0 Å². The number of hydrogen-bond acceptors (Lipinski definition) is 2. The molecule has 0 bridgehead atoms. The van der Waals surface area contributed by atoms with Crippen LogP contribution in [0.5, 0.6) is 0 Å². The van der Waals surface area contributed by atoms with Crippen LogP contribution in [0.1, 0.15) is 30.9 Å². The Morgan fingerprint density at radius 1 is 1.47 bits per heavy atom. The van der Waals surface area contributed by atoms with Crippen LogP contribution in [0.2, 0.25) is 0 Å². The average Bonchev–Trinajstić information content (AvgIpc) is 2.16. The second-order valence-electron chi connectivity index (χ2n) is 3.99. The summed E-state index contributed by atoms with van der Waals surface area (Å²) in [5.41, 5.74) is 7.62. The molecule has 0 saturated heterocycles. The number of nitrogens with two attached hydrogens (primary N) is 1. The Morgan fingerprint density at radius 3 is 2.67 bits per heavy atom. The molecule has 15 heavy (non-hydrogen) atoms. The first-order chi connectivity index (χ1) is 7.00. The molecule has 0 radical (unpaired) electrons. The van der Waals surface area contributed by atoms with Crippen molar-refractivity contribution < 1.29 is 9.90 Å². The molecule has 0 amide bonds. The SMILES string of the molecule is CC(C(=O)O)c1cccc(C[C@@H](C)N)c1. The summed E-state index contributed by atoms with van der Waals surface area (Å²) in [6.45, 7) is 3.63. The molecule has 1 rings (SSSR count). The molecular formula is C12H17NO2. The van der Waals surface area contributed by atoms with E-state index in [0.717, 1.165) is 17.5 Å². The number of aliphatic carboxylic acids is 1. The minimum Gasteiger partial charge on any atom is -0.481 e. The second kappa shape index (κ2) is 4.94. The first kappa shape index (κ1) is 11.7. The van der Waals surface area contributed by atoms with Gasteiger partial charge in [0.25, 0.3) is 0 Å². The molecule has 0 aromatic heterocycles. The largest absolute Gasteiger partial charge is 0.481 e. The lowest BCUT2D eigenvalue weighted by Gasteiger charge is -2.10. The van der Waals surface area contributed by atoms with E-state index in [9.17, 15) is 4.79 Å². The van der Waals surface area contributed by atoms with E-state index in [1.54, 1.807) is 6.92 Å². The maximum atomic E-state index is 10.8. The summed E-state index contributed by atoms with van der Waals surface area (Å²) in [5.74, 6) is -1.26. The van der Waals surface area contributed by atoms with Crippen molar-refractivity contribution in [3.05, 3.63) is 35.4 Å². The molecule has 1 aromatic rings. The molecule has 0 heterocycles. The standard InChI is InChI=1S/C12H17NO2/c1-8(13)6-10-4-3-5-11(7-10)9(2)12(14)15/h3-5,7-9H,6,13H2,1-2H3,(H,14,15)/t8-,9?/m1/s1. The fourth-order valence-corrected chi connectivity index (χ4v) is 1.50. The highest BCUT2D eigenvalue weighted by Crippen LogP contribution is 2.17. The van der Waals surface area contributed by atoms with Gasteiger partial charge >= 0.3 is 5.97 Å². The number of rotatable bonds is 4. The van der Waals surface area contributed by atoms with E-state index >= 15 is 0 Å². The van der Waals surface area contributed by atoms with Gasteiger partial charge in [-0.15, -0.1) is 0 Å². The molecule has 0 aliphatic heterocycles. The zero-order valence-corrected chi connectivity index (χ0v) is 9.10. The summed E-state index contributed by atoms with van der Waals surface area (Å²) in [6.07, 6.45) is 0.778. The third-order valence-corrected chi connectivity index (χ3v) is 2.38. The number of carboxylic acids is 1. The van der Waals surface area contributed by atoms with Gasteiger partial charge in [0.1, 0.15) is 0 Å². The van der Waals surface area contributed by atoms with E-state index in [0.29, 0.717) is 0 Å². The lowest BCUT2D eigenvalue weighted by molar-refractivity contribution is -0.138. The van der Waals surface area contributed by atoms with Gasteiger partial charge in [-0.25, -0.2) is 0 Å². The van der Waals surface area contributed by atoms with E-state index in [-0.39, 0.29) is 6.04 Å². The highest BCUT2D eigenvalue weighted by Gasteiger charge is 2.13. The third-order valence-electron chi connectivity index (χ3n) is 2.38. The van der Waals surface area contributed by atoms with E-state index in [4.69, 9.17) is 10.8 Å². The fraction of sp³-hybridized carbons (Fsp3) is 0.417. The van der Waals surface area contributed by atoms with E-state index in [1.165, 1.54) is 0 Å². The van der Waals surface area contributed by atoms with E-state index in [1.807, 2.05) is 31.2 Å². The van der Waals surface area contributed by atoms with Crippen molar-refractivity contribution in [2.24, 2.45) is 5.73 Å². The van der Waals surface area contributed by atoms with Crippen molar-refractivity contribution in [1.29, 1.82) is 0 Å². The van der Waals surface area contributed by atoms with Gasteiger partial charge in [-0.1, -0.05) is 24.3 Å². The summed E-state index contributed by atoms with van der Waals surface area (Å²) in [6, 6.07) is 7.71. The first-order valence-corrected chi connectivity index (χ1v) is 5.08. The molecule has 0 aliphatic rings. The van der Waals surface area contributed by atoms with Crippen LogP contribution in [0.3, 0.4) is 0 Å². The predicted molar refractivity (Wildman–Crippen MR) is 59.8 cm³/mol. The number of carboxylic acid groups (broad SMARTS) is 1. The van der Waals surface area contributed by atoms with Crippen LogP contribution in [0, 0.1) is 0 Å². The lowest BCUT2D eigenvalue weighted by Crippen LogP contribution is -2.18. The Balaban J connectivity index is 2.87. The van der Waals surface area contributed by atoms with Gasteiger partial charge in [-0.3, -0.25) is 4.79 Å². The Bertz CT molecular complexity index is 347. The van der Waals surface area contributed by atoms with Crippen molar-refractivity contribution >= 4 is 5.97 Å². The zero-order chi connectivity index (χ0) is 11.4. The molecule has 3 N–H and O–H groups in total. The molecule has 3 nitrogen and oxygen atoms in total. The van der Waals surface area contributed by atoms with Crippen molar-refractivity contribution in [2.75, 3.05) is 0 Å². The zero-order valence-electron chi connectivity index (χ0n) is 9.10. The molecule has 0 aliphatic carbocycles. The van der Waals surface area contributed by atoms with Gasteiger partial charge in [0.05, 0.1) is 5.92 Å². The monoisotopic (exact) mass is 207 g/mol. The van der Waals surface area contributed by atoms with Crippen molar-refractivity contribution in [2.45, 2.75) is 32.2 Å². The van der Waals surface area contributed by atoms with Crippen LogP contribution >= 0.6 is 0 Å². The van der Waals surface area contributed by atoms with Crippen molar-refractivity contribution in [1.82, 2.24) is 0 Å². The fourth-order valence-electron chi connectivity index (χ4n) is 1.50. The molecular weight excluding hydrogens is 190 g/mol. The summed E-state index contributed by atoms with van der Waals surface area (Å²) >= 11 is 0. The van der Waals surface area contributed by atoms with Crippen molar-refractivity contribution in [3.63, 3.8) is 0 Å². The van der Waals surface area contributed by atoms with Gasteiger partial charge < -0.3 is 10.8 Å². The summed E-state index contributed by atoms with van der Waals surface area (Å²) in [4.78, 5) is 10.8. The Kier molecular flexibility index (Phi) is 3.86. The minimum atomic E-state index is -0.798. The first-order valence-electron chi connectivity index (χ1n) is 5.08. The van der Waals surface area contributed by atoms with Crippen LogP contribution < -0.4 is 5.73 Å². The van der Waals surface area contributed by atoms with Gasteiger partial charge in [0.15, 0.2) is 0 Å². The average molecular weight is 207 g/mol. The molecule has 0 fully saturated rings. The van der Waals surface area contributed by atoms with Gasteiger partial charge in [-0.05, 0) is 31.4 Å². The highest BCUT2D eigenvalue weighted by molar-refractivity contribution is 5.75. The second-order valence-corrected chi connectivity index (χ2v) is 3.99. The van der Waals surface area contributed by atoms with Gasteiger partial charge in [0, 0.05) is 6.04 Å². The Morgan fingerprint density at radius 2 is 2.13 bits per heavy atom. The molecule has 0 spiro atoms. The quantitative estimate of drug-likeness (QED) is 0.790. The minimum absolute atomic E-state index is 0.0976. The number of carbonyl (C=O) groups is 1. The lowest BCUT2D eigenvalue weighted by atomic mass is 9.97. The van der Waals surface area contributed by atoms with Gasteiger partial charge in [0.2, 0.25) is 0 Å². The smallest absolute Gasteiger partial charge is 0.310 e. The molecule has 2 atom stereocenters. The maximum Gasteiger partial charge on any atom is 0.310 e. The Labute approximate surface area is 89.9 Å².